The summed E-state index contributed by atoms with van der Waals surface area (Å²) in [6, 6.07) is 13.0. The van der Waals surface area contributed by atoms with Crippen LogP contribution in [0.15, 0.2) is 42.6 Å². The van der Waals surface area contributed by atoms with Gasteiger partial charge in [0.05, 0.1) is 18.0 Å². The first-order valence-corrected chi connectivity index (χ1v) is 10.9. The normalized spacial score (nSPS) is 17.4. The number of morpholine rings is 1. The fourth-order valence-corrected chi connectivity index (χ4v) is 4.21. The third-order valence-electron chi connectivity index (χ3n) is 5.94. The molecule has 3 heterocycles. The van der Waals surface area contributed by atoms with Crippen LogP contribution in [0.25, 0.3) is 0 Å². The quantitative estimate of drug-likeness (QED) is 0.611. The number of ether oxygens (including phenoxy) is 1. The third kappa shape index (κ3) is 4.79. The summed E-state index contributed by atoms with van der Waals surface area (Å²) in [4.78, 5) is 7.29. The molecule has 0 amide bonds. The number of aromatic nitrogens is 3. The molecule has 0 bridgehead atoms. The van der Waals surface area contributed by atoms with Crippen LogP contribution >= 0.6 is 0 Å². The van der Waals surface area contributed by atoms with Crippen LogP contribution in [-0.2, 0) is 24.2 Å². The highest BCUT2D eigenvalue weighted by Crippen LogP contribution is 2.25. The van der Waals surface area contributed by atoms with Gasteiger partial charge >= 0.3 is 0 Å². The maximum absolute atomic E-state index is 6.15. The van der Waals surface area contributed by atoms with E-state index >= 15 is 0 Å². The molecular formula is C25H32N4O. The van der Waals surface area contributed by atoms with Gasteiger partial charge < -0.3 is 4.74 Å². The average molecular weight is 405 g/mol. The molecule has 0 aliphatic carbocycles. The molecule has 3 aromatic rings. The maximum Gasteiger partial charge on any atom is 0.112 e. The first-order chi connectivity index (χ1) is 14.5. The van der Waals surface area contributed by atoms with Crippen molar-refractivity contribution in [1.29, 1.82) is 0 Å². The van der Waals surface area contributed by atoms with Gasteiger partial charge in [-0.1, -0.05) is 24.3 Å². The maximum atomic E-state index is 6.15. The highest BCUT2D eigenvalue weighted by molar-refractivity contribution is 5.33. The van der Waals surface area contributed by atoms with E-state index in [1.54, 1.807) is 0 Å². The van der Waals surface area contributed by atoms with Crippen molar-refractivity contribution >= 4 is 0 Å². The Morgan fingerprint density at radius 2 is 1.93 bits per heavy atom. The van der Waals surface area contributed by atoms with E-state index in [9.17, 15) is 0 Å². The first-order valence-electron chi connectivity index (χ1n) is 10.9. The molecule has 0 N–H and O–H groups in total. The summed E-state index contributed by atoms with van der Waals surface area (Å²) in [7, 11) is 0. The van der Waals surface area contributed by atoms with E-state index in [1.165, 1.54) is 22.3 Å². The highest BCUT2D eigenvalue weighted by Gasteiger charge is 2.24. The van der Waals surface area contributed by atoms with Gasteiger partial charge in [0.2, 0.25) is 0 Å². The van der Waals surface area contributed by atoms with Crippen LogP contribution in [0, 0.1) is 20.8 Å². The molecule has 0 radical (unpaired) electrons. The molecule has 1 aliphatic heterocycles. The van der Waals surface area contributed by atoms with E-state index in [1.807, 2.05) is 4.68 Å². The number of hydrogen-bond donors (Lipinski definition) is 0. The molecule has 1 atom stereocenters. The zero-order valence-corrected chi connectivity index (χ0v) is 18.6. The molecule has 0 spiro atoms. The summed E-state index contributed by atoms with van der Waals surface area (Å²) < 4.78 is 8.16. The number of hydrogen-bond acceptors (Lipinski definition) is 4. The highest BCUT2D eigenvalue weighted by atomic mass is 16.5. The smallest absolute Gasteiger partial charge is 0.112 e. The second-order valence-electron chi connectivity index (χ2n) is 8.33. The number of nitrogens with zero attached hydrogens (tertiary/aromatic N) is 4. The predicted octanol–water partition coefficient (Wildman–Crippen LogP) is 4.39. The SMILES string of the molecule is CCn1cc(CN2CCOC(c3cc(Cc4ccccc4C)cc(C)n3)C2)c(C)n1. The minimum absolute atomic E-state index is 0.01000. The Labute approximate surface area is 179 Å². The van der Waals surface area contributed by atoms with Crippen molar-refractivity contribution in [2.45, 2.75) is 53.3 Å². The van der Waals surface area contributed by atoms with Crippen LogP contribution in [0.5, 0.6) is 0 Å². The Morgan fingerprint density at radius 3 is 2.70 bits per heavy atom. The van der Waals surface area contributed by atoms with Gasteiger partial charge in [0.25, 0.3) is 0 Å². The van der Waals surface area contributed by atoms with Crippen molar-refractivity contribution < 1.29 is 4.74 Å². The van der Waals surface area contributed by atoms with E-state index in [-0.39, 0.29) is 6.10 Å². The Kier molecular flexibility index (Phi) is 6.30. The van der Waals surface area contributed by atoms with Crippen LogP contribution in [-0.4, -0.2) is 39.4 Å². The first kappa shape index (κ1) is 20.8. The molecule has 0 saturated carbocycles. The van der Waals surface area contributed by atoms with E-state index in [2.05, 4.69) is 80.3 Å². The molecule has 30 heavy (non-hydrogen) atoms. The molecule has 1 fully saturated rings. The van der Waals surface area contributed by atoms with Crippen LogP contribution in [0.3, 0.4) is 0 Å². The lowest BCUT2D eigenvalue weighted by Crippen LogP contribution is -2.38. The summed E-state index contributed by atoms with van der Waals surface area (Å²) in [6.45, 7) is 12.8. The minimum atomic E-state index is 0.01000. The third-order valence-corrected chi connectivity index (χ3v) is 5.94. The molecule has 4 rings (SSSR count). The summed E-state index contributed by atoms with van der Waals surface area (Å²) in [5.41, 5.74) is 8.51. The molecule has 1 unspecified atom stereocenters. The Hall–Kier alpha value is -2.50. The van der Waals surface area contributed by atoms with Crippen LogP contribution in [0.1, 0.15) is 52.4 Å². The molecule has 158 valence electrons. The Balaban J connectivity index is 1.49. The lowest BCUT2D eigenvalue weighted by Gasteiger charge is -2.32. The van der Waals surface area contributed by atoms with Crippen molar-refractivity contribution in [3.63, 3.8) is 0 Å². The topological polar surface area (TPSA) is 43.2 Å². The Morgan fingerprint density at radius 1 is 1.10 bits per heavy atom. The second-order valence-corrected chi connectivity index (χ2v) is 8.33. The zero-order chi connectivity index (χ0) is 21.1. The molecular weight excluding hydrogens is 372 g/mol. The largest absolute Gasteiger partial charge is 0.369 e. The van der Waals surface area contributed by atoms with Crippen molar-refractivity contribution in [2.24, 2.45) is 0 Å². The Bertz CT molecular complexity index is 1010. The second kappa shape index (κ2) is 9.11. The van der Waals surface area contributed by atoms with Gasteiger partial charge in [-0.05, 0) is 62.9 Å². The van der Waals surface area contributed by atoms with Crippen molar-refractivity contribution in [2.75, 3.05) is 19.7 Å². The summed E-state index contributed by atoms with van der Waals surface area (Å²) >= 11 is 0. The molecule has 1 saturated heterocycles. The lowest BCUT2D eigenvalue weighted by atomic mass is 9.99. The van der Waals surface area contributed by atoms with Crippen molar-refractivity contribution in [3.8, 4) is 0 Å². The lowest BCUT2D eigenvalue weighted by molar-refractivity contribution is -0.0351. The fourth-order valence-electron chi connectivity index (χ4n) is 4.21. The average Bonchev–Trinajstić information content (AvgIpc) is 3.09. The van der Waals surface area contributed by atoms with E-state index in [0.29, 0.717) is 0 Å². The number of rotatable bonds is 6. The van der Waals surface area contributed by atoms with Gasteiger partial charge in [-0.3, -0.25) is 14.6 Å². The minimum Gasteiger partial charge on any atom is -0.369 e. The predicted molar refractivity (Wildman–Crippen MR) is 120 cm³/mol. The number of benzene rings is 1. The zero-order valence-electron chi connectivity index (χ0n) is 18.6. The van der Waals surface area contributed by atoms with Gasteiger partial charge in [0.1, 0.15) is 6.10 Å². The van der Waals surface area contributed by atoms with Gasteiger partial charge in [0, 0.05) is 43.6 Å². The van der Waals surface area contributed by atoms with E-state index in [4.69, 9.17) is 9.72 Å². The van der Waals surface area contributed by atoms with E-state index < -0.39 is 0 Å². The molecule has 1 aliphatic rings. The van der Waals surface area contributed by atoms with Crippen LogP contribution in [0.2, 0.25) is 0 Å². The monoisotopic (exact) mass is 404 g/mol. The summed E-state index contributed by atoms with van der Waals surface area (Å²) in [5, 5.41) is 4.59. The fraction of sp³-hybridized carbons (Fsp3) is 0.440. The molecule has 1 aromatic carbocycles. The molecule has 5 nitrogen and oxygen atoms in total. The van der Waals surface area contributed by atoms with Crippen molar-refractivity contribution in [1.82, 2.24) is 19.7 Å². The molecule has 5 heteroatoms. The molecule has 2 aromatic heterocycles. The number of aryl methyl sites for hydroxylation is 4. The van der Waals surface area contributed by atoms with Gasteiger partial charge in [-0.25, -0.2) is 0 Å². The van der Waals surface area contributed by atoms with Crippen LogP contribution < -0.4 is 0 Å². The van der Waals surface area contributed by atoms with Gasteiger partial charge in [-0.15, -0.1) is 0 Å². The standard InChI is InChI=1S/C25H32N4O/c1-5-29-16-23(20(4)27-29)15-28-10-11-30-25(17-28)24-14-21(12-19(3)26-24)13-22-9-7-6-8-18(22)2/h6-9,12,14,16,25H,5,10-11,13,15,17H2,1-4H3. The van der Waals surface area contributed by atoms with Crippen molar-refractivity contribution in [3.05, 3.63) is 81.9 Å². The summed E-state index contributed by atoms with van der Waals surface area (Å²) in [5.74, 6) is 0. The van der Waals surface area contributed by atoms with Crippen LogP contribution in [0.4, 0.5) is 0 Å². The number of pyridine rings is 1. The van der Waals surface area contributed by atoms with E-state index in [0.717, 1.165) is 56.3 Å². The summed E-state index contributed by atoms with van der Waals surface area (Å²) in [6.07, 6.45) is 3.11. The van der Waals surface area contributed by atoms with Gasteiger partial charge in [-0.2, -0.15) is 5.10 Å². The van der Waals surface area contributed by atoms with Gasteiger partial charge in [0.15, 0.2) is 0 Å².